The van der Waals surface area contributed by atoms with Gasteiger partial charge in [-0.25, -0.2) is 0 Å². The number of benzene rings is 1. The van der Waals surface area contributed by atoms with E-state index in [1.807, 2.05) is 13.0 Å². The summed E-state index contributed by atoms with van der Waals surface area (Å²) < 4.78 is 41.1. The summed E-state index contributed by atoms with van der Waals surface area (Å²) in [6, 6.07) is 6.67. The first-order chi connectivity index (χ1) is 9.83. The Kier molecular flexibility index (Phi) is 5.11. The molecule has 1 aromatic carbocycles. The Balaban J connectivity index is 1.92. The first-order valence-corrected chi connectivity index (χ1v) is 7.02. The largest absolute Gasteiger partial charge is 0.484 e. The van der Waals surface area contributed by atoms with Crippen molar-refractivity contribution in [3.63, 3.8) is 0 Å². The molecule has 2 rings (SSSR count). The minimum absolute atomic E-state index is 0.218. The highest BCUT2D eigenvalue weighted by atomic mass is 19.4. The number of alkyl halides is 3. The van der Waals surface area contributed by atoms with Crippen LogP contribution in [-0.4, -0.2) is 42.0 Å². The Morgan fingerprint density at radius 1 is 1.38 bits per heavy atom. The predicted octanol–water partition coefficient (Wildman–Crippen LogP) is 2.83. The number of hydrogen-bond donors (Lipinski definition) is 1. The van der Waals surface area contributed by atoms with Crippen molar-refractivity contribution < 1.29 is 23.0 Å². The van der Waals surface area contributed by atoms with Crippen molar-refractivity contribution in [2.75, 3.05) is 19.7 Å². The van der Waals surface area contributed by atoms with Gasteiger partial charge in [-0.3, -0.25) is 4.90 Å². The van der Waals surface area contributed by atoms with Crippen LogP contribution in [0.3, 0.4) is 0 Å². The van der Waals surface area contributed by atoms with E-state index in [-0.39, 0.29) is 11.9 Å². The van der Waals surface area contributed by atoms with Crippen LogP contribution in [0, 0.1) is 5.92 Å². The lowest BCUT2D eigenvalue weighted by molar-refractivity contribution is -0.153. The molecule has 1 N–H and O–H groups in total. The van der Waals surface area contributed by atoms with Crippen molar-refractivity contribution in [2.45, 2.75) is 32.2 Å². The van der Waals surface area contributed by atoms with Gasteiger partial charge in [0, 0.05) is 13.1 Å². The van der Waals surface area contributed by atoms with E-state index in [1.54, 1.807) is 12.1 Å². The second kappa shape index (κ2) is 6.66. The lowest BCUT2D eigenvalue weighted by Crippen LogP contribution is -2.42. The van der Waals surface area contributed by atoms with Crippen LogP contribution >= 0.6 is 0 Å². The van der Waals surface area contributed by atoms with Gasteiger partial charge >= 0.3 is 6.18 Å². The number of ether oxygens (including phenoxy) is 1. The van der Waals surface area contributed by atoms with Gasteiger partial charge in [-0.15, -0.1) is 0 Å². The minimum atomic E-state index is -4.33. The van der Waals surface area contributed by atoms with Crippen LogP contribution in [0.15, 0.2) is 24.3 Å². The quantitative estimate of drug-likeness (QED) is 0.928. The van der Waals surface area contributed by atoms with Crippen molar-refractivity contribution in [3.05, 3.63) is 29.8 Å². The van der Waals surface area contributed by atoms with E-state index in [1.165, 1.54) is 6.07 Å². The Morgan fingerprint density at radius 2 is 2.14 bits per heavy atom. The number of β-amino-alcohol motifs (C(OH)–C–C–N with tert-alkyl or cyclic N) is 1. The summed E-state index contributed by atoms with van der Waals surface area (Å²) in [6.45, 7) is 2.82. The van der Waals surface area contributed by atoms with Crippen LogP contribution in [0.1, 0.15) is 18.9 Å². The van der Waals surface area contributed by atoms with Gasteiger partial charge in [0.25, 0.3) is 0 Å². The molecule has 1 saturated heterocycles. The highest BCUT2D eigenvalue weighted by molar-refractivity contribution is 5.28. The summed E-state index contributed by atoms with van der Waals surface area (Å²) >= 11 is 0. The molecule has 0 saturated carbocycles. The molecule has 1 heterocycles. The number of aliphatic hydroxyl groups excluding tert-OH is 1. The minimum Gasteiger partial charge on any atom is -0.484 e. The van der Waals surface area contributed by atoms with Crippen LogP contribution < -0.4 is 4.74 Å². The number of hydrogen-bond acceptors (Lipinski definition) is 3. The molecular weight excluding hydrogens is 283 g/mol. The average Bonchev–Trinajstić information content (AvgIpc) is 2.40. The molecule has 0 aliphatic carbocycles. The molecule has 0 spiro atoms. The third-order valence-corrected chi connectivity index (χ3v) is 3.71. The Morgan fingerprint density at radius 3 is 2.81 bits per heavy atom. The van der Waals surface area contributed by atoms with Gasteiger partial charge in [-0.2, -0.15) is 13.2 Å². The standard InChI is InChI=1S/C15H20F3NO2/c1-11-5-6-19(9-14(11)20)8-12-3-2-4-13(7-12)21-10-15(16,17)18/h2-4,7,11,14,20H,5-6,8-10H2,1H3. The molecule has 1 aliphatic heterocycles. The third kappa shape index (κ3) is 5.21. The summed E-state index contributed by atoms with van der Waals surface area (Å²) in [5.41, 5.74) is 0.886. The fourth-order valence-corrected chi connectivity index (χ4v) is 2.41. The first kappa shape index (κ1) is 16.1. The van der Waals surface area contributed by atoms with E-state index in [0.29, 0.717) is 19.0 Å². The summed E-state index contributed by atoms with van der Waals surface area (Å²) in [6.07, 6.45) is -3.75. The molecule has 0 aromatic heterocycles. The van der Waals surface area contributed by atoms with Gasteiger partial charge in [-0.1, -0.05) is 19.1 Å². The van der Waals surface area contributed by atoms with Gasteiger partial charge in [0.05, 0.1) is 6.10 Å². The molecule has 0 radical (unpaired) electrons. The first-order valence-electron chi connectivity index (χ1n) is 7.02. The van der Waals surface area contributed by atoms with E-state index in [2.05, 4.69) is 4.90 Å². The van der Waals surface area contributed by atoms with Crippen LogP contribution in [-0.2, 0) is 6.54 Å². The number of piperidine rings is 1. The van der Waals surface area contributed by atoms with Crippen LogP contribution in [0.4, 0.5) is 13.2 Å². The smallest absolute Gasteiger partial charge is 0.422 e. The molecule has 2 atom stereocenters. The molecule has 1 aliphatic rings. The molecule has 1 aromatic rings. The lowest BCUT2D eigenvalue weighted by Gasteiger charge is -2.34. The number of halogens is 3. The van der Waals surface area contributed by atoms with Gasteiger partial charge in [-0.05, 0) is 36.6 Å². The molecule has 6 heteroatoms. The zero-order valence-electron chi connectivity index (χ0n) is 11.9. The lowest BCUT2D eigenvalue weighted by atomic mass is 9.96. The van der Waals surface area contributed by atoms with Crippen molar-refractivity contribution >= 4 is 0 Å². The van der Waals surface area contributed by atoms with E-state index in [9.17, 15) is 18.3 Å². The summed E-state index contributed by atoms with van der Waals surface area (Å²) in [4.78, 5) is 2.10. The topological polar surface area (TPSA) is 32.7 Å². The van der Waals surface area contributed by atoms with Crippen LogP contribution in [0.5, 0.6) is 5.75 Å². The van der Waals surface area contributed by atoms with E-state index in [0.717, 1.165) is 18.5 Å². The SMILES string of the molecule is CC1CCN(Cc2cccc(OCC(F)(F)F)c2)CC1O. The monoisotopic (exact) mass is 303 g/mol. The number of rotatable bonds is 4. The highest BCUT2D eigenvalue weighted by Crippen LogP contribution is 2.22. The Labute approximate surface area is 122 Å². The molecule has 0 bridgehead atoms. The van der Waals surface area contributed by atoms with Crippen molar-refractivity contribution in [3.8, 4) is 5.75 Å². The Hall–Kier alpha value is -1.27. The fourth-order valence-electron chi connectivity index (χ4n) is 2.41. The predicted molar refractivity (Wildman–Crippen MR) is 73.1 cm³/mol. The van der Waals surface area contributed by atoms with Gasteiger partial charge < -0.3 is 9.84 Å². The number of nitrogens with zero attached hydrogens (tertiary/aromatic N) is 1. The molecular formula is C15H20F3NO2. The fraction of sp³-hybridized carbons (Fsp3) is 0.600. The van der Waals surface area contributed by atoms with Gasteiger partial charge in [0.1, 0.15) is 5.75 Å². The maximum Gasteiger partial charge on any atom is 0.422 e. The summed E-state index contributed by atoms with van der Waals surface area (Å²) in [5, 5.41) is 9.86. The highest BCUT2D eigenvalue weighted by Gasteiger charge is 2.28. The van der Waals surface area contributed by atoms with Gasteiger partial charge in [0.2, 0.25) is 0 Å². The van der Waals surface area contributed by atoms with Crippen molar-refractivity contribution in [1.29, 1.82) is 0 Å². The van der Waals surface area contributed by atoms with Crippen LogP contribution in [0.25, 0.3) is 0 Å². The molecule has 21 heavy (non-hydrogen) atoms. The molecule has 3 nitrogen and oxygen atoms in total. The molecule has 118 valence electrons. The number of aliphatic hydroxyl groups is 1. The second-order valence-electron chi connectivity index (χ2n) is 5.62. The maximum atomic E-state index is 12.1. The van der Waals surface area contributed by atoms with E-state index >= 15 is 0 Å². The van der Waals surface area contributed by atoms with Crippen molar-refractivity contribution in [1.82, 2.24) is 4.90 Å². The van der Waals surface area contributed by atoms with Crippen molar-refractivity contribution in [2.24, 2.45) is 5.92 Å². The normalized spacial score (nSPS) is 24.0. The zero-order valence-corrected chi connectivity index (χ0v) is 11.9. The number of likely N-dealkylation sites (tertiary alicyclic amines) is 1. The van der Waals surface area contributed by atoms with E-state index in [4.69, 9.17) is 4.74 Å². The third-order valence-electron chi connectivity index (χ3n) is 3.71. The Bertz CT molecular complexity index is 464. The maximum absolute atomic E-state index is 12.1. The average molecular weight is 303 g/mol. The second-order valence-corrected chi connectivity index (χ2v) is 5.62. The summed E-state index contributed by atoms with van der Waals surface area (Å²) in [7, 11) is 0. The van der Waals surface area contributed by atoms with E-state index < -0.39 is 12.8 Å². The summed E-state index contributed by atoms with van der Waals surface area (Å²) in [5.74, 6) is 0.512. The van der Waals surface area contributed by atoms with Crippen LogP contribution in [0.2, 0.25) is 0 Å². The zero-order chi connectivity index (χ0) is 15.5. The van der Waals surface area contributed by atoms with Gasteiger partial charge in [0.15, 0.2) is 6.61 Å². The molecule has 1 fully saturated rings. The molecule has 0 amide bonds. The molecule has 2 unspecified atom stereocenters.